The molecular formula is C11H14N2O2. The minimum Gasteiger partial charge on any atom is -0.456 e. The molecule has 0 aliphatic rings. The fraction of sp³-hybridized carbons (Fsp3) is 0.455. The Hall–Kier alpha value is -1.76. The number of rotatable bonds is 3. The van der Waals surface area contributed by atoms with Crippen LogP contribution in [-0.4, -0.2) is 23.4 Å². The molecular weight excluding hydrogens is 192 g/mol. The molecule has 80 valence electrons. The van der Waals surface area contributed by atoms with Crippen LogP contribution in [-0.2, 0) is 0 Å². The van der Waals surface area contributed by atoms with E-state index in [2.05, 4.69) is 0 Å². The van der Waals surface area contributed by atoms with Crippen molar-refractivity contribution in [2.75, 3.05) is 6.54 Å². The van der Waals surface area contributed by atoms with E-state index in [1.807, 2.05) is 19.9 Å². The molecule has 0 spiro atoms. The SMILES string of the molecule is Cc1ccc(C(=O)N(CC#N)C(C)C)o1. The summed E-state index contributed by atoms with van der Waals surface area (Å²) in [6.45, 7) is 5.59. The maximum absolute atomic E-state index is 11.9. The lowest BCUT2D eigenvalue weighted by Crippen LogP contribution is -2.37. The Balaban J connectivity index is 2.86. The smallest absolute Gasteiger partial charge is 0.290 e. The van der Waals surface area contributed by atoms with Crippen molar-refractivity contribution in [2.24, 2.45) is 0 Å². The van der Waals surface area contributed by atoms with Crippen molar-refractivity contribution in [3.8, 4) is 6.07 Å². The first-order valence-corrected chi connectivity index (χ1v) is 4.80. The number of amides is 1. The van der Waals surface area contributed by atoms with Crippen LogP contribution in [0.1, 0.15) is 30.2 Å². The van der Waals surface area contributed by atoms with Gasteiger partial charge in [-0.2, -0.15) is 5.26 Å². The van der Waals surface area contributed by atoms with E-state index in [4.69, 9.17) is 9.68 Å². The largest absolute Gasteiger partial charge is 0.456 e. The molecule has 1 amide bonds. The first kappa shape index (κ1) is 11.3. The van der Waals surface area contributed by atoms with Gasteiger partial charge in [0.1, 0.15) is 12.3 Å². The highest BCUT2D eigenvalue weighted by molar-refractivity contribution is 5.91. The van der Waals surface area contributed by atoms with Crippen molar-refractivity contribution in [3.63, 3.8) is 0 Å². The van der Waals surface area contributed by atoms with Crippen molar-refractivity contribution in [1.29, 1.82) is 5.26 Å². The Morgan fingerprint density at radius 3 is 2.67 bits per heavy atom. The molecule has 0 aliphatic carbocycles. The normalized spacial score (nSPS) is 10.1. The highest BCUT2D eigenvalue weighted by atomic mass is 16.3. The molecule has 0 fully saturated rings. The third-order valence-corrected chi connectivity index (χ3v) is 2.08. The van der Waals surface area contributed by atoms with Gasteiger partial charge in [-0.15, -0.1) is 0 Å². The molecule has 4 nitrogen and oxygen atoms in total. The molecule has 1 aromatic heterocycles. The third kappa shape index (κ3) is 2.59. The van der Waals surface area contributed by atoms with Gasteiger partial charge in [0.25, 0.3) is 5.91 Å². The van der Waals surface area contributed by atoms with Crippen LogP contribution in [0.25, 0.3) is 0 Å². The standard InChI is InChI=1S/C11H14N2O2/c1-8(2)13(7-6-12)11(14)10-5-4-9(3)15-10/h4-5,8H,7H2,1-3H3. The summed E-state index contributed by atoms with van der Waals surface area (Å²) in [5.41, 5.74) is 0. The summed E-state index contributed by atoms with van der Waals surface area (Å²) < 4.78 is 5.22. The molecule has 4 heteroatoms. The fourth-order valence-corrected chi connectivity index (χ4v) is 1.26. The Morgan fingerprint density at radius 2 is 2.27 bits per heavy atom. The number of aryl methyl sites for hydroxylation is 1. The van der Waals surface area contributed by atoms with E-state index >= 15 is 0 Å². The molecule has 0 atom stereocenters. The predicted octanol–water partition coefficient (Wildman–Crippen LogP) is 1.96. The van der Waals surface area contributed by atoms with E-state index in [9.17, 15) is 4.79 Å². The fourth-order valence-electron chi connectivity index (χ4n) is 1.26. The number of nitriles is 1. The summed E-state index contributed by atoms with van der Waals surface area (Å²) in [5, 5.41) is 8.61. The predicted molar refractivity (Wildman–Crippen MR) is 55.2 cm³/mol. The second-order valence-electron chi connectivity index (χ2n) is 3.60. The molecule has 0 aliphatic heterocycles. The molecule has 1 aromatic rings. The molecule has 0 unspecified atom stereocenters. The number of hydrogen-bond donors (Lipinski definition) is 0. The van der Waals surface area contributed by atoms with Crippen LogP contribution in [0.4, 0.5) is 0 Å². The molecule has 0 radical (unpaired) electrons. The molecule has 0 aromatic carbocycles. The highest BCUT2D eigenvalue weighted by Crippen LogP contribution is 2.11. The average Bonchev–Trinajstić information content (AvgIpc) is 2.59. The summed E-state index contributed by atoms with van der Waals surface area (Å²) in [5.74, 6) is 0.745. The van der Waals surface area contributed by atoms with Crippen molar-refractivity contribution in [3.05, 3.63) is 23.7 Å². The van der Waals surface area contributed by atoms with Crippen LogP contribution in [0.5, 0.6) is 0 Å². The topological polar surface area (TPSA) is 57.2 Å². The zero-order valence-electron chi connectivity index (χ0n) is 9.15. The summed E-state index contributed by atoms with van der Waals surface area (Å²) in [4.78, 5) is 13.3. The molecule has 0 saturated carbocycles. The van der Waals surface area contributed by atoms with Crippen molar-refractivity contribution in [2.45, 2.75) is 26.8 Å². The Kier molecular flexibility index (Phi) is 3.51. The van der Waals surface area contributed by atoms with Gasteiger partial charge in [0.15, 0.2) is 5.76 Å². The monoisotopic (exact) mass is 206 g/mol. The minimum atomic E-state index is -0.236. The minimum absolute atomic E-state index is 0.0115. The lowest BCUT2D eigenvalue weighted by molar-refractivity contribution is 0.0697. The summed E-state index contributed by atoms with van der Waals surface area (Å²) in [6.07, 6.45) is 0. The van der Waals surface area contributed by atoms with Gasteiger partial charge in [-0.25, -0.2) is 0 Å². The second kappa shape index (κ2) is 4.65. The van der Waals surface area contributed by atoms with Crippen molar-refractivity contribution < 1.29 is 9.21 Å². The van der Waals surface area contributed by atoms with Gasteiger partial charge in [-0.3, -0.25) is 4.79 Å². The first-order valence-electron chi connectivity index (χ1n) is 4.80. The molecule has 1 heterocycles. The van der Waals surface area contributed by atoms with E-state index in [-0.39, 0.29) is 24.3 Å². The van der Waals surface area contributed by atoms with Gasteiger partial charge in [-0.05, 0) is 32.9 Å². The lowest BCUT2D eigenvalue weighted by atomic mass is 10.3. The zero-order valence-corrected chi connectivity index (χ0v) is 9.15. The van der Waals surface area contributed by atoms with Crippen LogP contribution in [0.2, 0.25) is 0 Å². The third-order valence-electron chi connectivity index (χ3n) is 2.08. The maximum Gasteiger partial charge on any atom is 0.290 e. The van der Waals surface area contributed by atoms with Crippen molar-refractivity contribution >= 4 is 5.91 Å². The summed E-state index contributed by atoms with van der Waals surface area (Å²) in [7, 11) is 0. The van der Waals surface area contributed by atoms with E-state index in [1.165, 1.54) is 4.90 Å². The average molecular weight is 206 g/mol. The van der Waals surface area contributed by atoms with Gasteiger partial charge in [0.05, 0.1) is 6.07 Å². The van der Waals surface area contributed by atoms with Gasteiger partial charge < -0.3 is 9.32 Å². The van der Waals surface area contributed by atoms with Gasteiger partial charge in [0, 0.05) is 6.04 Å². The lowest BCUT2D eigenvalue weighted by Gasteiger charge is -2.22. The summed E-state index contributed by atoms with van der Waals surface area (Å²) >= 11 is 0. The first-order chi connectivity index (χ1) is 7.06. The summed E-state index contributed by atoms with van der Waals surface area (Å²) in [6, 6.07) is 5.32. The Labute approximate surface area is 89.1 Å². The maximum atomic E-state index is 11.9. The van der Waals surface area contributed by atoms with E-state index < -0.39 is 0 Å². The number of carbonyl (C=O) groups is 1. The van der Waals surface area contributed by atoms with Crippen LogP contribution in [0.3, 0.4) is 0 Å². The van der Waals surface area contributed by atoms with E-state index in [0.29, 0.717) is 5.76 Å². The van der Waals surface area contributed by atoms with Crippen LogP contribution >= 0.6 is 0 Å². The number of hydrogen-bond acceptors (Lipinski definition) is 3. The molecule has 0 bridgehead atoms. The number of furan rings is 1. The molecule has 0 saturated heterocycles. The molecule has 15 heavy (non-hydrogen) atoms. The van der Waals surface area contributed by atoms with Gasteiger partial charge in [0.2, 0.25) is 0 Å². The van der Waals surface area contributed by atoms with Crippen LogP contribution in [0, 0.1) is 18.3 Å². The van der Waals surface area contributed by atoms with Crippen LogP contribution in [0.15, 0.2) is 16.5 Å². The second-order valence-corrected chi connectivity index (χ2v) is 3.60. The number of nitrogens with zero attached hydrogens (tertiary/aromatic N) is 2. The van der Waals surface area contributed by atoms with Crippen molar-refractivity contribution in [1.82, 2.24) is 4.90 Å². The number of carbonyl (C=O) groups excluding carboxylic acids is 1. The van der Waals surface area contributed by atoms with E-state index in [0.717, 1.165) is 0 Å². The van der Waals surface area contributed by atoms with Crippen LogP contribution < -0.4 is 0 Å². The zero-order chi connectivity index (χ0) is 11.4. The quantitative estimate of drug-likeness (QED) is 0.710. The molecule has 1 rings (SSSR count). The highest BCUT2D eigenvalue weighted by Gasteiger charge is 2.20. The Bertz CT molecular complexity index is 388. The van der Waals surface area contributed by atoms with Gasteiger partial charge in [-0.1, -0.05) is 0 Å². The van der Waals surface area contributed by atoms with E-state index in [1.54, 1.807) is 19.1 Å². The molecule has 0 N–H and O–H groups in total. The Morgan fingerprint density at radius 1 is 1.60 bits per heavy atom. The van der Waals surface area contributed by atoms with Gasteiger partial charge >= 0.3 is 0 Å².